The highest BCUT2D eigenvalue weighted by Gasteiger charge is 2.34. The van der Waals surface area contributed by atoms with Crippen molar-refractivity contribution < 1.29 is 23.8 Å². The van der Waals surface area contributed by atoms with Crippen molar-refractivity contribution in [3.05, 3.63) is 53.6 Å². The Morgan fingerprint density at radius 1 is 1.20 bits per heavy atom. The lowest BCUT2D eigenvalue weighted by atomic mass is 10.0. The van der Waals surface area contributed by atoms with Crippen molar-refractivity contribution in [2.24, 2.45) is 0 Å². The van der Waals surface area contributed by atoms with E-state index >= 15 is 0 Å². The van der Waals surface area contributed by atoms with Crippen molar-refractivity contribution in [3.63, 3.8) is 0 Å². The van der Waals surface area contributed by atoms with E-state index in [0.717, 1.165) is 11.1 Å². The SMILES string of the molecule is COc1ccc(CN2C(=O)COCC2C(=O)Nc2cccc(C(C)C)c2)c(OC)c1. The first-order valence-corrected chi connectivity index (χ1v) is 9.92. The predicted molar refractivity (Wildman–Crippen MR) is 114 cm³/mol. The number of amides is 2. The van der Waals surface area contributed by atoms with Crippen molar-refractivity contribution in [2.75, 3.05) is 32.8 Å². The van der Waals surface area contributed by atoms with Gasteiger partial charge in [0, 0.05) is 17.3 Å². The van der Waals surface area contributed by atoms with Gasteiger partial charge in [-0.1, -0.05) is 26.0 Å². The summed E-state index contributed by atoms with van der Waals surface area (Å²) in [6, 6.07) is 12.4. The second-order valence-corrected chi connectivity index (χ2v) is 7.50. The maximum Gasteiger partial charge on any atom is 0.249 e. The summed E-state index contributed by atoms with van der Waals surface area (Å²) >= 11 is 0. The smallest absolute Gasteiger partial charge is 0.249 e. The molecule has 1 aliphatic rings. The van der Waals surface area contributed by atoms with Crippen LogP contribution in [0.15, 0.2) is 42.5 Å². The first-order valence-electron chi connectivity index (χ1n) is 9.92. The standard InChI is InChI=1S/C23H28N2O5/c1-15(2)16-6-5-7-18(10-16)24-23(27)20-13-30-14-22(26)25(20)12-17-8-9-19(28-3)11-21(17)29-4/h5-11,15,20H,12-14H2,1-4H3,(H,24,27). The fourth-order valence-electron chi connectivity index (χ4n) is 3.39. The lowest BCUT2D eigenvalue weighted by molar-refractivity contribution is -0.154. The van der Waals surface area contributed by atoms with Crippen LogP contribution in [0.4, 0.5) is 5.69 Å². The molecule has 0 aliphatic carbocycles. The third kappa shape index (κ3) is 4.91. The highest BCUT2D eigenvalue weighted by atomic mass is 16.5. The van der Waals surface area contributed by atoms with Crippen LogP contribution >= 0.6 is 0 Å². The molecule has 2 amide bonds. The number of nitrogens with zero attached hydrogens (tertiary/aromatic N) is 1. The summed E-state index contributed by atoms with van der Waals surface area (Å²) in [5.41, 5.74) is 2.61. The van der Waals surface area contributed by atoms with Gasteiger partial charge < -0.3 is 24.4 Å². The molecule has 2 aromatic carbocycles. The second kappa shape index (κ2) is 9.63. The molecule has 0 aromatic heterocycles. The number of morpholine rings is 1. The quantitative estimate of drug-likeness (QED) is 0.756. The lowest BCUT2D eigenvalue weighted by Gasteiger charge is -2.34. The Balaban J connectivity index is 1.80. The van der Waals surface area contributed by atoms with E-state index < -0.39 is 6.04 Å². The number of benzene rings is 2. The van der Waals surface area contributed by atoms with Crippen LogP contribution in [0.2, 0.25) is 0 Å². The van der Waals surface area contributed by atoms with Crippen LogP contribution in [0, 0.1) is 0 Å². The van der Waals surface area contributed by atoms with Gasteiger partial charge in [-0.15, -0.1) is 0 Å². The molecule has 7 nitrogen and oxygen atoms in total. The van der Waals surface area contributed by atoms with Gasteiger partial charge in [-0.25, -0.2) is 0 Å². The van der Waals surface area contributed by atoms with Crippen LogP contribution in [-0.2, 0) is 20.9 Å². The van der Waals surface area contributed by atoms with Gasteiger partial charge in [0.05, 0.1) is 27.4 Å². The first kappa shape index (κ1) is 21.6. The van der Waals surface area contributed by atoms with Gasteiger partial charge in [0.2, 0.25) is 11.8 Å². The van der Waals surface area contributed by atoms with Crippen LogP contribution in [0.3, 0.4) is 0 Å². The monoisotopic (exact) mass is 412 g/mol. The zero-order chi connectivity index (χ0) is 21.7. The molecule has 1 atom stereocenters. The number of methoxy groups -OCH3 is 2. The summed E-state index contributed by atoms with van der Waals surface area (Å²) in [5.74, 6) is 1.08. The Bertz CT molecular complexity index is 912. The van der Waals surface area contributed by atoms with Crippen LogP contribution in [0.1, 0.15) is 30.9 Å². The number of rotatable bonds is 7. The molecule has 1 aliphatic heterocycles. The molecule has 3 rings (SSSR count). The number of hydrogen-bond acceptors (Lipinski definition) is 5. The number of nitrogens with one attached hydrogen (secondary N) is 1. The largest absolute Gasteiger partial charge is 0.497 e. The molecule has 30 heavy (non-hydrogen) atoms. The molecular formula is C23H28N2O5. The van der Waals surface area contributed by atoms with E-state index in [2.05, 4.69) is 19.2 Å². The second-order valence-electron chi connectivity index (χ2n) is 7.50. The highest BCUT2D eigenvalue weighted by molar-refractivity contribution is 5.98. The molecule has 0 bridgehead atoms. The number of carbonyl (C=O) groups is 2. The third-order valence-electron chi connectivity index (χ3n) is 5.16. The van der Waals surface area contributed by atoms with Gasteiger partial charge >= 0.3 is 0 Å². The van der Waals surface area contributed by atoms with E-state index in [9.17, 15) is 9.59 Å². The Kier molecular flexibility index (Phi) is 6.95. The number of anilines is 1. The van der Waals surface area contributed by atoms with Crippen LogP contribution in [0.5, 0.6) is 11.5 Å². The minimum Gasteiger partial charge on any atom is -0.497 e. The topological polar surface area (TPSA) is 77.1 Å². The molecule has 1 heterocycles. The normalized spacial score (nSPS) is 16.5. The maximum atomic E-state index is 13.0. The van der Waals surface area contributed by atoms with Crippen molar-refractivity contribution in [1.82, 2.24) is 4.90 Å². The van der Waals surface area contributed by atoms with Gasteiger partial charge in [-0.05, 0) is 35.7 Å². The summed E-state index contributed by atoms with van der Waals surface area (Å²) in [6.07, 6.45) is 0. The number of ether oxygens (including phenoxy) is 3. The molecule has 1 N–H and O–H groups in total. The fraction of sp³-hybridized carbons (Fsp3) is 0.391. The van der Waals surface area contributed by atoms with Gasteiger partial charge in [0.25, 0.3) is 0 Å². The number of carbonyl (C=O) groups excluding carboxylic acids is 2. The summed E-state index contributed by atoms with van der Waals surface area (Å²) in [6.45, 7) is 4.52. The summed E-state index contributed by atoms with van der Waals surface area (Å²) in [7, 11) is 3.14. The fourth-order valence-corrected chi connectivity index (χ4v) is 3.39. The van der Waals surface area contributed by atoms with Crippen molar-refractivity contribution in [3.8, 4) is 11.5 Å². The van der Waals surface area contributed by atoms with E-state index in [4.69, 9.17) is 14.2 Å². The van der Waals surface area contributed by atoms with Crippen molar-refractivity contribution in [2.45, 2.75) is 32.4 Å². The molecule has 7 heteroatoms. The molecule has 160 valence electrons. The highest BCUT2D eigenvalue weighted by Crippen LogP contribution is 2.27. The van der Waals surface area contributed by atoms with Gasteiger partial charge in [-0.3, -0.25) is 9.59 Å². The van der Waals surface area contributed by atoms with Crippen molar-refractivity contribution >= 4 is 17.5 Å². The van der Waals surface area contributed by atoms with Gasteiger partial charge in [0.1, 0.15) is 24.1 Å². The predicted octanol–water partition coefficient (Wildman–Crippen LogP) is 3.19. The minimum atomic E-state index is -0.735. The van der Waals surface area contributed by atoms with E-state index in [1.165, 1.54) is 4.90 Å². The lowest BCUT2D eigenvalue weighted by Crippen LogP contribution is -2.54. The Morgan fingerprint density at radius 2 is 2.00 bits per heavy atom. The Morgan fingerprint density at radius 3 is 2.70 bits per heavy atom. The molecule has 0 spiro atoms. The van der Waals surface area contributed by atoms with Crippen LogP contribution in [-0.4, -0.2) is 50.2 Å². The Labute approximate surface area is 176 Å². The molecule has 1 unspecified atom stereocenters. The zero-order valence-corrected chi connectivity index (χ0v) is 17.8. The van der Waals surface area contributed by atoms with E-state index in [1.807, 2.05) is 30.3 Å². The molecule has 2 aromatic rings. The summed E-state index contributed by atoms with van der Waals surface area (Å²) in [4.78, 5) is 27.1. The van der Waals surface area contributed by atoms with E-state index in [1.54, 1.807) is 26.4 Å². The third-order valence-corrected chi connectivity index (χ3v) is 5.16. The molecule has 1 fully saturated rings. The molecule has 0 radical (unpaired) electrons. The molecular weight excluding hydrogens is 384 g/mol. The van der Waals surface area contributed by atoms with Crippen molar-refractivity contribution in [1.29, 1.82) is 0 Å². The average molecular weight is 412 g/mol. The van der Waals surface area contributed by atoms with E-state index in [-0.39, 0.29) is 31.6 Å². The Hall–Kier alpha value is -3.06. The molecule has 1 saturated heterocycles. The summed E-state index contributed by atoms with van der Waals surface area (Å²) < 4.78 is 16.0. The van der Waals surface area contributed by atoms with Gasteiger partial charge in [-0.2, -0.15) is 0 Å². The zero-order valence-electron chi connectivity index (χ0n) is 17.8. The average Bonchev–Trinajstić information content (AvgIpc) is 2.75. The van der Waals surface area contributed by atoms with Gasteiger partial charge in [0.15, 0.2) is 0 Å². The maximum absolute atomic E-state index is 13.0. The van der Waals surface area contributed by atoms with E-state index in [0.29, 0.717) is 23.1 Å². The number of hydrogen-bond donors (Lipinski definition) is 1. The van der Waals surface area contributed by atoms with Crippen LogP contribution in [0.25, 0.3) is 0 Å². The first-order chi connectivity index (χ1) is 14.4. The minimum absolute atomic E-state index is 0.0505. The summed E-state index contributed by atoms with van der Waals surface area (Å²) in [5, 5.41) is 2.93. The molecule has 0 saturated carbocycles. The van der Waals surface area contributed by atoms with Crippen LogP contribution < -0.4 is 14.8 Å².